The number of para-hydroxylation sites is 1. The highest BCUT2D eigenvalue weighted by molar-refractivity contribution is 7.91. The van der Waals surface area contributed by atoms with E-state index < -0.39 is 14.9 Å². The van der Waals surface area contributed by atoms with Crippen LogP contribution in [0.2, 0.25) is 0 Å². The molecule has 0 fully saturated rings. The summed E-state index contributed by atoms with van der Waals surface area (Å²) in [5.74, 6) is -0.316. The van der Waals surface area contributed by atoms with Gasteiger partial charge in [-0.2, -0.15) is 0 Å². The van der Waals surface area contributed by atoms with Crippen molar-refractivity contribution in [2.75, 3.05) is 4.72 Å². The molecule has 2 aromatic rings. The van der Waals surface area contributed by atoms with Crippen LogP contribution in [0, 0.1) is 17.0 Å². The van der Waals surface area contributed by atoms with E-state index in [0.29, 0.717) is 11.3 Å². The van der Waals surface area contributed by atoms with Crippen molar-refractivity contribution in [3.63, 3.8) is 0 Å². The van der Waals surface area contributed by atoms with Gasteiger partial charge in [0.05, 0.1) is 16.4 Å². The summed E-state index contributed by atoms with van der Waals surface area (Å²) in [5.41, 5.74) is 1.55. The van der Waals surface area contributed by atoms with Gasteiger partial charge in [-0.05, 0) is 24.1 Å². The summed E-state index contributed by atoms with van der Waals surface area (Å²) in [4.78, 5) is 10.1. The van der Waals surface area contributed by atoms with Gasteiger partial charge in [-0.25, -0.2) is 8.42 Å². The first-order valence-corrected chi connectivity index (χ1v) is 7.82. The highest BCUT2D eigenvalue weighted by Crippen LogP contribution is 2.19. The molecule has 7 heteroatoms. The highest BCUT2D eigenvalue weighted by Gasteiger charge is 2.15. The average Bonchev–Trinajstić information content (AvgIpc) is 2.41. The third kappa shape index (κ3) is 4.03. The van der Waals surface area contributed by atoms with Crippen molar-refractivity contribution < 1.29 is 13.3 Å². The molecule has 0 saturated carbocycles. The molecule has 1 N–H and O–H groups in total. The van der Waals surface area contributed by atoms with Crippen LogP contribution in [0.5, 0.6) is 0 Å². The molecular formula is C14H14N2O4S. The standard InChI is InChI=1S/C14H14N2O4S/c1-11-5-2-3-8-14(11)15-21(19,20)10-12-6-4-7-13(9-12)16(17)18/h2-9,15H,10H2,1H3. The van der Waals surface area contributed by atoms with E-state index >= 15 is 0 Å². The number of aryl methyl sites for hydroxylation is 1. The van der Waals surface area contributed by atoms with Crippen LogP contribution in [0.15, 0.2) is 48.5 Å². The van der Waals surface area contributed by atoms with E-state index in [2.05, 4.69) is 4.72 Å². The largest absolute Gasteiger partial charge is 0.283 e. The van der Waals surface area contributed by atoms with Crippen molar-refractivity contribution in [1.82, 2.24) is 0 Å². The van der Waals surface area contributed by atoms with Gasteiger partial charge in [0, 0.05) is 12.1 Å². The quantitative estimate of drug-likeness (QED) is 0.679. The number of hydrogen-bond donors (Lipinski definition) is 1. The van der Waals surface area contributed by atoms with E-state index in [4.69, 9.17) is 0 Å². The van der Waals surface area contributed by atoms with Crippen LogP contribution in [-0.4, -0.2) is 13.3 Å². The third-order valence-electron chi connectivity index (χ3n) is 2.89. The monoisotopic (exact) mass is 306 g/mol. The lowest BCUT2D eigenvalue weighted by Crippen LogP contribution is -2.15. The Balaban J connectivity index is 2.20. The van der Waals surface area contributed by atoms with E-state index in [1.54, 1.807) is 31.2 Å². The number of anilines is 1. The van der Waals surface area contributed by atoms with Gasteiger partial charge in [-0.3, -0.25) is 14.8 Å². The molecule has 110 valence electrons. The van der Waals surface area contributed by atoms with Gasteiger partial charge in [0.2, 0.25) is 10.0 Å². The number of benzene rings is 2. The molecule has 0 aliphatic carbocycles. The maximum Gasteiger partial charge on any atom is 0.269 e. The summed E-state index contributed by atoms with van der Waals surface area (Å²) >= 11 is 0. The fourth-order valence-corrected chi connectivity index (χ4v) is 3.12. The minimum Gasteiger partial charge on any atom is -0.283 e. The Hall–Kier alpha value is -2.41. The second kappa shape index (κ2) is 5.92. The molecule has 0 heterocycles. The number of non-ortho nitro benzene ring substituents is 1. The Morgan fingerprint density at radius 1 is 1.14 bits per heavy atom. The second-order valence-corrected chi connectivity index (χ2v) is 6.33. The van der Waals surface area contributed by atoms with Crippen LogP contribution in [0.1, 0.15) is 11.1 Å². The maximum atomic E-state index is 12.1. The van der Waals surface area contributed by atoms with Gasteiger partial charge in [0.25, 0.3) is 5.69 Å². The summed E-state index contributed by atoms with van der Waals surface area (Å²) in [6.45, 7) is 1.80. The number of nitro benzene ring substituents is 1. The Kier molecular flexibility index (Phi) is 4.23. The number of sulfonamides is 1. The van der Waals surface area contributed by atoms with Crippen LogP contribution in [0.4, 0.5) is 11.4 Å². The third-order valence-corrected chi connectivity index (χ3v) is 4.13. The molecule has 0 spiro atoms. The number of nitrogens with one attached hydrogen (secondary N) is 1. The Morgan fingerprint density at radius 3 is 2.52 bits per heavy atom. The maximum absolute atomic E-state index is 12.1. The zero-order valence-corrected chi connectivity index (χ0v) is 12.1. The molecule has 0 unspecified atom stereocenters. The molecule has 2 rings (SSSR count). The lowest BCUT2D eigenvalue weighted by atomic mass is 10.2. The molecule has 0 radical (unpaired) electrons. The summed E-state index contributed by atoms with van der Waals surface area (Å²) in [5, 5.41) is 10.7. The molecule has 0 aliphatic rings. The number of nitrogens with zero attached hydrogens (tertiary/aromatic N) is 1. The fraction of sp³-hybridized carbons (Fsp3) is 0.143. The fourth-order valence-electron chi connectivity index (χ4n) is 1.87. The average molecular weight is 306 g/mol. The van der Waals surface area contributed by atoms with E-state index in [1.807, 2.05) is 6.07 Å². The molecule has 21 heavy (non-hydrogen) atoms. The molecule has 0 saturated heterocycles. The first-order chi connectivity index (χ1) is 9.87. The zero-order chi connectivity index (χ0) is 15.5. The van der Waals surface area contributed by atoms with Gasteiger partial charge < -0.3 is 0 Å². The zero-order valence-electron chi connectivity index (χ0n) is 11.3. The molecule has 0 amide bonds. The van der Waals surface area contributed by atoms with Crippen molar-refractivity contribution in [1.29, 1.82) is 0 Å². The predicted molar refractivity (Wildman–Crippen MR) is 80.5 cm³/mol. The van der Waals surface area contributed by atoms with Crippen molar-refractivity contribution >= 4 is 21.4 Å². The molecule has 0 aromatic heterocycles. The van der Waals surface area contributed by atoms with Gasteiger partial charge in [0.15, 0.2) is 0 Å². The smallest absolute Gasteiger partial charge is 0.269 e. The Bertz CT molecular complexity index is 772. The van der Waals surface area contributed by atoms with E-state index in [-0.39, 0.29) is 11.4 Å². The molecule has 2 aromatic carbocycles. The van der Waals surface area contributed by atoms with Crippen molar-refractivity contribution in [2.24, 2.45) is 0 Å². The van der Waals surface area contributed by atoms with Gasteiger partial charge in [0.1, 0.15) is 0 Å². The minimum atomic E-state index is -3.63. The van der Waals surface area contributed by atoms with Crippen LogP contribution in [-0.2, 0) is 15.8 Å². The molecule has 0 atom stereocenters. The van der Waals surface area contributed by atoms with Crippen LogP contribution < -0.4 is 4.72 Å². The van der Waals surface area contributed by atoms with Crippen molar-refractivity contribution in [2.45, 2.75) is 12.7 Å². The first kappa shape index (κ1) is 15.0. The highest BCUT2D eigenvalue weighted by atomic mass is 32.2. The van der Waals surface area contributed by atoms with Crippen LogP contribution in [0.25, 0.3) is 0 Å². The molecule has 0 bridgehead atoms. The number of rotatable bonds is 5. The number of nitro groups is 1. The molecule has 0 aliphatic heterocycles. The van der Waals surface area contributed by atoms with E-state index in [1.165, 1.54) is 18.2 Å². The van der Waals surface area contributed by atoms with Gasteiger partial charge in [-0.15, -0.1) is 0 Å². The van der Waals surface area contributed by atoms with Gasteiger partial charge >= 0.3 is 0 Å². The summed E-state index contributed by atoms with van der Waals surface area (Å²) < 4.78 is 26.7. The predicted octanol–water partition coefficient (Wildman–Crippen LogP) is 2.85. The van der Waals surface area contributed by atoms with E-state index in [0.717, 1.165) is 5.56 Å². The van der Waals surface area contributed by atoms with Crippen LogP contribution in [0.3, 0.4) is 0 Å². The summed E-state index contributed by atoms with van der Waals surface area (Å²) in [6, 6.07) is 12.6. The summed E-state index contributed by atoms with van der Waals surface area (Å²) in [6.07, 6.45) is 0. The topological polar surface area (TPSA) is 89.3 Å². The SMILES string of the molecule is Cc1ccccc1NS(=O)(=O)Cc1cccc([N+](=O)[O-])c1. The van der Waals surface area contributed by atoms with Crippen LogP contribution >= 0.6 is 0 Å². The molecular weight excluding hydrogens is 292 g/mol. The lowest BCUT2D eigenvalue weighted by Gasteiger charge is -2.10. The lowest BCUT2D eigenvalue weighted by molar-refractivity contribution is -0.384. The Labute approximate surface area is 122 Å². The minimum absolute atomic E-state index is 0.126. The van der Waals surface area contributed by atoms with Crippen molar-refractivity contribution in [3.8, 4) is 0 Å². The number of hydrogen-bond acceptors (Lipinski definition) is 4. The molecule has 6 nitrogen and oxygen atoms in total. The normalized spacial score (nSPS) is 11.1. The van der Waals surface area contributed by atoms with Crippen molar-refractivity contribution in [3.05, 3.63) is 69.8 Å². The summed E-state index contributed by atoms with van der Waals surface area (Å²) in [7, 11) is -3.63. The first-order valence-electron chi connectivity index (χ1n) is 6.17. The second-order valence-electron chi connectivity index (χ2n) is 4.60. The van der Waals surface area contributed by atoms with E-state index in [9.17, 15) is 18.5 Å². The Morgan fingerprint density at radius 2 is 1.86 bits per heavy atom. The van der Waals surface area contributed by atoms with Gasteiger partial charge in [-0.1, -0.05) is 30.3 Å².